The van der Waals surface area contributed by atoms with Crippen molar-refractivity contribution in [1.29, 1.82) is 0 Å². The lowest BCUT2D eigenvalue weighted by Gasteiger charge is -2.45. The van der Waals surface area contributed by atoms with E-state index >= 15 is 0 Å². The molecule has 1 aliphatic carbocycles. The highest BCUT2D eigenvalue weighted by Gasteiger charge is 2.37. The average Bonchev–Trinajstić information content (AvgIpc) is 1.98. The van der Waals surface area contributed by atoms with Crippen LogP contribution in [0.5, 0.6) is 0 Å². The highest BCUT2D eigenvalue weighted by molar-refractivity contribution is 4.99. The highest BCUT2D eigenvalue weighted by Crippen LogP contribution is 2.45. The van der Waals surface area contributed by atoms with Gasteiger partial charge in [-0.2, -0.15) is 0 Å². The van der Waals surface area contributed by atoms with E-state index in [1.807, 2.05) is 6.92 Å². The molecular formula is C14H25N. The van der Waals surface area contributed by atoms with Crippen molar-refractivity contribution in [2.75, 3.05) is 6.54 Å². The zero-order valence-corrected chi connectivity index (χ0v) is 10.9. The first-order chi connectivity index (χ1) is 6.85. The van der Waals surface area contributed by atoms with Gasteiger partial charge in [0.25, 0.3) is 0 Å². The van der Waals surface area contributed by atoms with Gasteiger partial charge in [-0.05, 0) is 37.0 Å². The number of rotatable bonds is 2. The molecule has 1 rings (SSSR count). The van der Waals surface area contributed by atoms with Crippen LogP contribution in [0.1, 0.15) is 53.9 Å². The first kappa shape index (κ1) is 12.6. The molecule has 0 amide bonds. The summed E-state index contributed by atoms with van der Waals surface area (Å²) in [5, 5.41) is 3.56. The molecule has 0 aliphatic heterocycles. The van der Waals surface area contributed by atoms with Gasteiger partial charge in [0, 0.05) is 6.04 Å². The molecule has 0 aromatic rings. The van der Waals surface area contributed by atoms with Crippen molar-refractivity contribution >= 4 is 0 Å². The van der Waals surface area contributed by atoms with Crippen LogP contribution >= 0.6 is 0 Å². The van der Waals surface area contributed by atoms with Crippen LogP contribution in [0.15, 0.2) is 0 Å². The smallest absolute Gasteiger partial charge is 0.0578 e. The van der Waals surface area contributed by atoms with E-state index in [4.69, 9.17) is 0 Å². The molecular weight excluding hydrogens is 182 g/mol. The summed E-state index contributed by atoms with van der Waals surface area (Å²) < 4.78 is 0. The van der Waals surface area contributed by atoms with Crippen LogP contribution in [-0.4, -0.2) is 12.6 Å². The Labute approximate surface area is 95.0 Å². The number of hydrogen-bond donors (Lipinski definition) is 1. The minimum Gasteiger partial charge on any atom is -0.303 e. The molecule has 15 heavy (non-hydrogen) atoms. The summed E-state index contributed by atoms with van der Waals surface area (Å²) in [4.78, 5) is 0. The molecule has 1 fully saturated rings. The highest BCUT2D eigenvalue weighted by atomic mass is 14.9. The van der Waals surface area contributed by atoms with Crippen LogP contribution in [0.2, 0.25) is 0 Å². The summed E-state index contributed by atoms with van der Waals surface area (Å²) in [6.07, 6.45) is 3.89. The van der Waals surface area contributed by atoms with Gasteiger partial charge in [-0.1, -0.05) is 33.6 Å². The van der Waals surface area contributed by atoms with Crippen molar-refractivity contribution < 1.29 is 0 Å². The third kappa shape index (κ3) is 4.26. The fourth-order valence-electron chi connectivity index (χ4n) is 3.27. The van der Waals surface area contributed by atoms with E-state index in [-0.39, 0.29) is 0 Å². The van der Waals surface area contributed by atoms with Crippen molar-refractivity contribution in [1.82, 2.24) is 5.32 Å². The Kier molecular flexibility index (Phi) is 3.84. The lowest BCUT2D eigenvalue weighted by atomic mass is 9.63. The van der Waals surface area contributed by atoms with Gasteiger partial charge >= 0.3 is 0 Å². The number of nitrogens with one attached hydrogen (secondary N) is 1. The lowest BCUT2D eigenvalue weighted by Crippen LogP contribution is -2.44. The summed E-state index contributed by atoms with van der Waals surface area (Å²) >= 11 is 0. The molecule has 0 aromatic heterocycles. The van der Waals surface area contributed by atoms with Crippen LogP contribution in [0.25, 0.3) is 0 Å². The molecule has 1 N–H and O–H groups in total. The molecule has 0 unspecified atom stereocenters. The van der Waals surface area contributed by atoms with Gasteiger partial charge in [0.2, 0.25) is 0 Å². The summed E-state index contributed by atoms with van der Waals surface area (Å²) in [6.45, 7) is 12.3. The van der Waals surface area contributed by atoms with E-state index in [0.717, 1.165) is 6.54 Å². The van der Waals surface area contributed by atoms with Crippen LogP contribution in [-0.2, 0) is 0 Å². The maximum absolute atomic E-state index is 3.56. The second kappa shape index (κ2) is 4.58. The molecule has 0 aromatic carbocycles. The Morgan fingerprint density at radius 3 is 2.13 bits per heavy atom. The fourth-order valence-corrected chi connectivity index (χ4v) is 3.27. The van der Waals surface area contributed by atoms with Gasteiger partial charge in [0.1, 0.15) is 0 Å². The summed E-state index contributed by atoms with van der Waals surface area (Å²) in [7, 11) is 0. The number of hydrogen-bond acceptors (Lipinski definition) is 1. The van der Waals surface area contributed by atoms with Gasteiger partial charge in [0.15, 0.2) is 0 Å². The normalized spacial score (nSPS) is 24.3. The standard InChI is InChI=1S/C14H25N/c1-6-7-8-15-12-9-13(2,3)11-14(4,5)10-12/h12,15H,8-11H2,1-5H3. The van der Waals surface area contributed by atoms with E-state index in [1.165, 1.54) is 19.3 Å². The summed E-state index contributed by atoms with van der Waals surface area (Å²) in [6, 6.07) is 0.643. The molecule has 0 spiro atoms. The maximum atomic E-state index is 3.56. The van der Waals surface area contributed by atoms with E-state index in [2.05, 4.69) is 44.9 Å². The van der Waals surface area contributed by atoms with Gasteiger partial charge < -0.3 is 5.32 Å². The monoisotopic (exact) mass is 207 g/mol. The first-order valence-corrected chi connectivity index (χ1v) is 5.98. The predicted molar refractivity (Wildman–Crippen MR) is 66.7 cm³/mol. The molecule has 0 saturated heterocycles. The van der Waals surface area contributed by atoms with Gasteiger partial charge in [0.05, 0.1) is 6.54 Å². The molecule has 1 nitrogen and oxygen atoms in total. The Morgan fingerprint density at radius 1 is 1.13 bits per heavy atom. The van der Waals surface area contributed by atoms with E-state index < -0.39 is 0 Å². The first-order valence-electron chi connectivity index (χ1n) is 5.98. The summed E-state index contributed by atoms with van der Waals surface area (Å²) in [5.74, 6) is 6.03. The molecule has 0 heterocycles. The predicted octanol–water partition coefficient (Wildman–Crippen LogP) is 3.20. The lowest BCUT2D eigenvalue weighted by molar-refractivity contribution is 0.0868. The van der Waals surface area contributed by atoms with Gasteiger partial charge in [-0.3, -0.25) is 0 Å². The van der Waals surface area contributed by atoms with Crippen molar-refractivity contribution in [3.63, 3.8) is 0 Å². The second-order valence-electron chi connectivity index (χ2n) is 6.42. The zero-order chi connectivity index (χ0) is 11.5. The Morgan fingerprint density at radius 2 is 1.67 bits per heavy atom. The molecule has 1 saturated carbocycles. The summed E-state index contributed by atoms with van der Waals surface area (Å²) in [5.41, 5.74) is 0.943. The third-order valence-corrected chi connectivity index (χ3v) is 3.21. The van der Waals surface area contributed by atoms with Crippen molar-refractivity contribution in [2.24, 2.45) is 10.8 Å². The third-order valence-electron chi connectivity index (χ3n) is 3.21. The van der Waals surface area contributed by atoms with Crippen LogP contribution in [0.4, 0.5) is 0 Å². The van der Waals surface area contributed by atoms with Crippen molar-refractivity contribution in [3.05, 3.63) is 0 Å². The minimum atomic E-state index is 0.471. The minimum absolute atomic E-state index is 0.471. The van der Waals surface area contributed by atoms with E-state index in [9.17, 15) is 0 Å². The average molecular weight is 207 g/mol. The van der Waals surface area contributed by atoms with Gasteiger partial charge in [-0.15, -0.1) is 5.92 Å². The molecule has 86 valence electrons. The molecule has 0 atom stereocenters. The SMILES string of the molecule is CC#CCNC1CC(C)(C)CC(C)(C)C1. The van der Waals surface area contributed by atoms with E-state index in [1.54, 1.807) is 0 Å². The topological polar surface area (TPSA) is 12.0 Å². The zero-order valence-electron chi connectivity index (χ0n) is 10.9. The molecule has 1 heteroatoms. The van der Waals surface area contributed by atoms with Crippen LogP contribution in [0.3, 0.4) is 0 Å². The van der Waals surface area contributed by atoms with Crippen LogP contribution < -0.4 is 5.32 Å². The molecule has 0 bridgehead atoms. The van der Waals surface area contributed by atoms with Crippen molar-refractivity contribution in [2.45, 2.75) is 59.9 Å². The molecule has 0 radical (unpaired) electrons. The maximum Gasteiger partial charge on any atom is 0.0578 e. The largest absolute Gasteiger partial charge is 0.303 e. The molecule has 1 aliphatic rings. The Hall–Kier alpha value is -0.480. The Balaban J connectivity index is 2.54. The van der Waals surface area contributed by atoms with Crippen molar-refractivity contribution in [3.8, 4) is 11.8 Å². The van der Waals surface area contributed by atoms with E-state index in [0.29, 0.717) is 16.9 Å². The second-order valence-corrected chi connectivity index (χ2v) is 6.42. The van der Waals surface area contributed by atoms with Gasteiger partial charge in [-0.25, -0.2) is 0 Å². The van der Waals surface area contributed by atoms with Crippen LogP contribution in [0, 0.1) is 22.7 Å². The quantitative estimate of drug-likeness (QED) is 0.686. The fraction of sp³-hybridized carbons (Fsp3) is 0.857. The Bertz CT molecular complexity index is 249.